The third-order valence-electron chi connectivity index (χ3n) is 2.31. The first-order chi connectivity index (χ1) is 6.54. The van der Waals surface area contributed by atoms with Crippen molar-refractivity contribution in [3.8, 4) is 0 Å². The molecule has 0 saturated heterocycles. The Morgan fingerprint density at radius 3 is 2.71 bits per heavy atom. The van der Waals surface area contributed by atoms with Crippen LogP contribution in [0.4, 0.5) is 0 Å². The van der Waals surface area contributed by atoms with Crippen molar-refractivity contribution in [2.45, 2.75) is 19.8 Å². The van der Waals surface area contributed by atoms with Gasteiger partial charge in [-0.2, -0.15) is 0 Å². The molecule has 78 valence electrons. The van der Waals surface area contributed by atoms with E-state index < -0.39 is 6.61 Å². The van der Waals surface area contributed by atoms with Gasteiger partial charge in [-0.1, -0.05) is 6.92 Å². The third-order valence-corrected chi connectivity index (χ3v) is 2.31. The fraction of sp³-hybridized carbons (Fsp3) is 0.500. The minimum atomic E-state index is -0.515. The lowest BCUT2D eigenvalue weighted by Gasteiger charge is -2.20. The van der Waals surface area contributed by atoms with Crippen molar-refractivity contribution in [1.82, 2.24) is 0 Å². The fourth-order valence-corrected chi connectivity index (χ4v) is 1.53. The maximum atomic E-state index is 11.0. The molecule has 0 fully saturated rings. The summed E-state index contributed by atoms with van der Waals surface area (Å²) in [6.45, 7) is 1.30. The maximum Gasteiger partial charge on any atom is 0.162 e. The zero-order chi connectivity index (χ0) is 10.7. The van der Waals surface area contributed by atoms with E-state index in [1.807, 2.05) is 6.92 Å². The number of carbonyl (C=O) groups excluding carboxylic acids is 1. The second-order valence-corrected chi connectivity index (χ2v) is 3.52. The first-order valence-electron chi connectivity index (χ1n) is 4.48. The van der Waals surface area contributed by atoms with Gasteiger partial charge in [-0.3, -0.25) is 4.79 Å². The number of hydrogen-bond acceptors (Lipinski definition) is 4. The molecule has 1 atom stereocenters. The number of Topliss-reactive ketones (excluding diaryl/α,β-unsaturated/α-hetero) is 1. The third kappa shape index (κ3) is 2.35. The monoisotopic (exact) mass is 198 g/mol. The molecule has 3 N–H and O–H groups in total. The largest absolute Gasteiger partial charge is 0.512 e. The summed E-state index contributed by atoms with van der Waals surface area (Å²) in [6.07, 6.45) is 1.73. The first kappa shape index (κ1) is 10.8. The van der Waals surface area contributed by atoms with Crippen LogP contribution in [0.25, 0.3) is 0 Å². The summed E-state index contributed by atoms with van der Waals surface area (Å²) >= 11 is 0. The maximum absolute atomic E-state index is 11.0. The summed E-state index contributed by atoms with van der Waals surface area (Å²) in [4.78, 5) is 11.0. The van der Waals surface area contributed by atoms with Crippen LogP contribution in [0, 0.1) is 5.92 Å². The minimum Gasteiger partial charge on any atom is -0.512 e. The summed E-state index contributed by atoms with van der Waals surface area (Å²) in [5, 5.41) is 27.2. The normalized spacial score (nSPS) is 22.1. The minimum absolute atomic E-state index is 0.0489. The Labute approximate surface area is 82.2 Å². The van der Waals surface area contributed by atoms with Gasteiger partial charge in [0.25, 0.3) is 0 Å². The molecule has 0 spiro atoms. The van der Waals surface area contributed by atoms with Gasteiger partial charge in [0.1, 0.15) is 12.4 Å². The molecule has 4 nitrogen and oxygen atoms in total. The highest BCUT2D eigenvalue weighted by Gasteiger charge is 2.21. The average molecular weight is 198 g/mol. The van der Waals surface area contributed by atoms with Gasteiger partial charge in [-0.15, -0.1) is 0 Å². The van der Waals surface area contributed by atoms with E-state index in [4.69, 9.17) is 5.11 Å². The summed E-state index contributed by atoms with van der Waals surface area (Å²) < 4.78 is 0. The standard InChI is InChI=1S/C10H14O4/c1-6-2-7(12)4-10(14)9(6)3-8(13)5-11/h4,6,11-12,14H,2-3,5H2,1H3. The van der Waals surface area contributed by atoms with Gasteiger partial charge in [-0.05, 0) is 11.5 Å². The van der Waals surface area contributed by atoms with Crippen molar-refractivity contribution in [2.24, 2.45) is 5.92 Å². The summed E-state index contributed by atoms with van der Waals surface area (Å²) in [5.41, 5.74) is 0.585. The molecular weight excluding hydrogens is 184 g/mol. The average Bonchev–Trinajstić information content (AvgIpc) is 2.10. The molecule has 0 bridgehead atoms. The van der Waals surface area contributed by atoms with E-state index in [0.717, 1.165) is 0 Å². The number of aliphatic hydroxyl groups excluding tert-OH is 3. The lowest BCUT2D eigenvalue weighted by molar-refractivity contribution is -0.121. The van der Waals surface area contributed by atoms with Crippen LogP contribution < -0.4 is 0 Å². The second-order valence-electron chi connectivity index (χ2n) is 3.52. The second kappa shape index (κ2) is 4.28. The van der Waals surface area contributed by atoms with Gasteiger partial charge in [0.2, 0.25) is 0 Å². The van der Waals surface area contributed by atoms with Crippen LogP contribution in [0.15, 0.2) is 23.2 Å². The number of ketones is 1. The Hall–Kier alpha value is -1.29. The molecule has 14 heavy (non-hydrogen) atoms. The van der Waals surface area contributed by atoms with Gasteiger partial charge < -0.3 is 15.3 Å². The SMILES string of the molecule is CC1CC(O)=CC(O)=C1CC(=O)CO. The van der Waals surface area contributed by atoms with Crippen molar-refractivity contribution in [3.05, 3.63) is 23.2 Å². The van der Waals surface area contributed by atoms with Crippen LogP contribution in [-0.2, 0) is 4.79 Å². The number of rotatable bonds is 3. The zero-order valence-electron chi connectivity index (χ0n) is 8.03. The number of aliphatic hydroxyl groups is 3. The molecule has 0 radical (unpaired) electrons. The Bertz CT molecular complexity index is 301. The molecule has 1 aliphatic carbocycles. The lowest BCUT2D eigenvalue weighted by Crippen LogP contribution is -2.14. The molecule has 0 amide bonds. The molecule has 0 heterocycles. The van der Waals surface area contributed by atoms with E-state index in [9.17, 15) is 15.0 Å². The highest BCUT2D eigenvalue weighted by Crippen LogP contribution is 2.29. The van der Waals surface area contributed by atoms with Crippen LogP contribution in [0.3, 0.4) is 0 Å². The highest BCUT2D eigenvalue weighted by molar-refractivity contribution is 5.82. The molecule has 0 aromatic heterocycles. The van der Waals surface area contributed by atoms with E-state index in [0.29, 0.717) is 12.0 Å². The molecule has 0 aromatic rings. The van der Waals surface area contributed by atoms with Crippen LogP contribution in [0.5, 0.6) is 0 Å². The molecule has 0 saturated carbocycles. The van der Waals surface area contributed by atoms with E-state index in [1.165, 1.54) is 6.08 Å². The number of hydrogen-bond donors (Lipinski definition) is 3. The Morgan fingerprint density at radius 2 is 2.21 bits per heavy atom. The molecule has 1 unspecified atom stereocenters. The zero-order valence-corrected chi connectivity index (χ0v) is 8.03. The van der Waals surface area contributed by atoms with Crippen molar-refractivity contribution in [1.29, 1.82) is 0 Å². The summed E-state index contributed by atoms with van der Waals surface area (Å²) in [5.74, 6) is -0.318. The molecular formula is C10H14O4. The quantitative estimate of drug-likeness (QED) is 0.637. The van der Waals surface area contributed by atoms with Crippen LogP contribution >= 0.6 is 0 Å². The number of allylic oxidation sites excluding steroid dienone is 3. The van der Waals surface area contributed by atoms with Crippen molar-refractivity contribution in [2.75, 3.05) is 6.61 Å². The molecule has 0 aromatic carbocycles. The van der Waals surface area contributed by atoms with Crippen LogP contribution in [0.1, 0.15) is 19.8 Å². The Morgan fingerprint density at radius 1 is 1.57 bits per heavy atom. The summed E-state index contributed by atoms with van der Waals surface area (Å²) in [7, 11) is 0. The predicted octanol–water partition coefficient (Wildman–Crippen LogP) is 1.23. The molecule has 0 aliphatic heterocycles. The van der Waals surface area contributed by atoms with E-state index >= 15 is 0 Å². The molecule has 4 heteroatoms. The van der Waals surface area contributed by atoms with Crippen molar-refractivity contribution >= 4 is 5.78 Å². The van der Waals surface area contributed by atoms with Crippen LogP contribution in [-0.4, -0.2) is 27.7 Å². The van der Waals surface area contributed by atoms with Crippen molar-refractivity contribution in [3.63, 3.8) is 0 Å². The lowest BCUT2D eigenvalue weighted by atomic mass is 9.88. The van der Waals surface area contributed by atoms with E-state index in [1.54, 1.807) is 0 Å². The van der Waals surface area contributed by atoms with Gasteiger partial charge in [0.15, 0.2) is 5.78 Å². The molecule has 1 rings (SSSR count). The summed E-state index contributed by atoms with van der Waals surface area (Å²) in [6, 6.07) is 0. The smallest absolute Gasteiger partial charge is 0.162 e. The van der Waals surface area contributed by atoms with Gasteiger partial charge in [-0.25, -0.2) is 0 Å². The van der Waals surface area contributed by atoms with E-state index in [2.05, 4.69) is 0 Å². The number of carbonyl (C=O) groups is 1. The topological polar surface area (TPSA) is 77.8 Å². The first-order valence-corrected chi connectivity index (χ1v) is 4.48. The fourth-order valence-electron chi connectivity index (χ4n) is 1.53. The molecule has 1 aliphatic rings. The van der Waals surface area contributed by atoms with Crippen LogP contribution in [0.2, 0.25) is 0 Å². The Balaban J connectivity index is 2.83. The predicted molar refractivity (Wildman–Crippen MR) is 50.9 cm³/mol. The van der Waals surface area contributed by atoms with Gasteiger partial charge >= 0.3 is 0 Å². The highest BCUT2D eigenvalue weighted by atomic mass is 16.3. The van der Waals surface area contributed by atoms with Gasteiger partial charge in [0.05, 0.1) is 5.76 Å². The van der Waals surface area contributed by atoms with Gasteiger partial charge in [0, 0.05) is 18.9 Å². The van der Waals surface area contributed by atoms with E-state index in [-0.39, 0.29) is 29.6 Å². The Kier molecular flexibility index (Phi) is 3.30. The van der Waals surface area contributed by atoms with Crippen molar-refractivity contribution < 1.29 is 20.1 Å².